The SMILES string of the molecule is COc1cccc(C(=O)Oc2ccc3c(c2)OC(N)=C(C#N)C3c2ccc(OCc3ccc(Cl)cc3Cl)cc2)c1. The fourth-order valence-electron chi connectivity index (χ4n) is 4.31. The molecule has 5 rings (SSSR count). The maximum absolute atomic E-state index is 12.7. The Kier molecular flexibility index (Phi) is 7.83. The van der Waals surface area contributed by atoms with Crippen LogP contribution in [0.3, 0.4) is 0 Å². The number of hydrogen-bond acceptors (Lipinski definition) is 7. The minimum absolute atomic E-state index is 0.0195. The average molecular weight is 573 g/mol. The highest BCUT2D eigenvalue weighted by atomic mass is 35.5. The molecule has 0 aliphatic carbocycles. The van der Waals surface area contributed by atoms with E-state index in [1.54, 1.807) is 54.6 Å². The lowest BCUT2D eigenvalue weighted by Gasteiger charge is -2.26. The summed E-state index contributed by atoms with van der Waals surface area (Å²) < 4.78 is 22.4. The van der Waals surface area contributed by atoms with Gasteiger partial charge >= 0.3 is 5.97 Å². The molecule has 1 unspecified atom stereocenters. The smallest absolute Gasteiger partial charge is 0.343 e. The lowest BCUT2D eigenvalue weighted by Crippen LogP contribution is -2.21. The van der Waals surface area contributed by atoms with Gasteiger partial charge < -0.3 is 24.7 Å². The van der Waals surface area contributed by atoms with Gasteiger partial charge in [0.2, 0.25) is 5.88 Å². The lowest BCUT2D eigenvalue weighted by atomic mass is 9.83. The molecule has 0 saturated carbocycles. The summed E-state index contributed by atoms with van der Waals surface area (Å²) in [6.07, 6.45) is 0. The molecule has 4 aromatic carbocycles. The molecule has 0 aromatic heterocycles. The Bertz CT molecular complexity index is 1660. The van der Waals surface area contributed by atoms with E-state index in [9.17, 15) is 10.1 Å². The van der Waals surface area contributed by atoms with Crippen molar-refractivity contribution in [3.8, 4) is 29.1 Å². The van der Waals surface area contributed by atoms with Gasteiger partial charge in [0.15, 0.2) is 0 Å². The topological polar surface area (TPSA) is 104 Å². The number of carbonyl (C=O) groups excluding carboxylic acids is 1. The van der Waals surface area contributed by atoms with Crippen LogP contribution in [0.15, 0.2) is 96.4 Å². The van der Waals surface area contributed by atoms with Gasteiger partial charge in [-0.05, 0) is 54.1 Å². The summed E-state index contributed by atoms with van der Waals surface area (Å²) in [6, 6.07) is 26.4. The normalized spacial score (nSPS) is 14.0. The first kappa shape index (κ1) is 26.9. The number of benzene rings is 4. The molecule has 2 N–H and O–H groups in total. The van der Waals surface area contributed by atoms with Crippen molar-refractivity contribution in [3.63, 3.8) is 0 Å². The number of nitriles is 1. The molecular weight excluding hydrogens is 551 g/mol. The van der Waals surface area contributed by atoms with Crippen LogP contribution >= 0.6 is 23.2 Å². The Balaban J connectivity index is 1.37. The van der Waals surface area contributed by atoms with E-state index in [-0.39, 0.29) is 23.8 Å². The van der Waals surface area contributed by atoms with Crippen molar-refractivity contribution in [2.24, 2.45) is 5.73 Å². The van der Waals surface area contributed by atoms with Crippen LogP contribution in [0.2, 0.25) is 10.0 Å². The zero-order valence-corrected chi connectivity index (χ0v) is 22.7. The van der Waals surface area contributed by atoms with Crippen molar-refractivity contribution in [1.82, 2.24) is 0 Å². The molecular formula is C31H22Cl2N2O5. The van der Waals surface area contributed by atoms with Crippen LogP contribution in [0.4, 0.5) is 0 Å². The minimum atomic E-state index is -0.553. The highest BCUT2D eigenvalue weighted by Gasteiger charge is 2.31. The van der Waals surface area contributed by atoms with Crippen molar-refractivity contribution in [3.05, 3.63) is 129 Å². The zero-order valence-electron chi connectivity index (χ0n) is 21.2. The number of ether oxygens (including phenoxy) is 4. The van der Waals surface area contributed by atoms with E-state index in [4.69, 9.17) is 47.9 Å². The molecule has 0 spiro atoms. The van der Waals surface area contributed by atoms with Gasteiger partial charge in [-0.3, -0.25) is 0 Å². The maximum Gasteiger partial charge on any atom is 0.343 e. The van der Waals surface area contributed by atoms with Crippen molar-refractivity contribution in [1.29, 1.82) is 5.26 Å². The molecule has 0 fully saturated rings. The first-order valence-electron chi connectivity index (χ1n) is 12.1. The van der Waals surface area contributed by atoms with Crippen molar-refractivity contribution >= 4 is 29.2 Å². The standard InChI is InChI=1S/C31H22Cl2N2O5/c1-37-23-4-2-3-19(13-23)31(36)39-24-11-12-25-28(15-24)40-30(35)26(16-34)29(25)18-6-9-22(10-7-18)38-17-20-5-8-21(32)14-27(20)33/h2-15,29H,17,35H2,1H3. The van der Waals surface area contributed by atoms with E-state index < -0.39 is 11.9 Å². The molecule has 1 heterocycles. The first-order chi connectivity index (χ1) is 19.4. The van der Waals surface area contributed by atoms with Gasteiger partial charge in [0.1, 0.15) is 41.2 Å². The number of carbonyl (C=O) groups is 1. The molecule has 1 atom stereocenters. The summed E-state index contributed by atoms with van der Waals surface area (Å²) in [6.45, 7) is 0.267. The fraction of sp³-hybridized carbons (Fsp3) is 0.0968. The summed E-state index contributed by atoms with van der Waals surface area (Å²) in [7, 11) is 1.52. The monoisotopic (exact) mass is 572 g/mol. The molecule has 40 heavy (non-hydrogen) atoms. The number of nitrogens with zero attached hydrogens (tertiary/aromatic N) is 1. The number of allylic oxidation sites excluding steroid dienone is 1. The molecule has 7 nitrogen and oxygen atoms in total. The largest absolute Gasteiger partial charge is 0.497 e. The highest BCUT2D eigenvalue weighted by Crippen LogP contribution is 2.43. The molecule has 1 aliphatic heterocycles. The summed E-state index contributed by atoms with van der Waals surface area (Å²) in [5.41, 5.74) is 9.06. The number of halogens is 2. The minimum Gasteiger partial charge on any atom is -0.497 e. The molecule has 4 aromatic rings. The van der Waals surface area contributed by atoms with Gasteiger partial charge in [-0.25, -0.2) is 4.79 Å². The van der Waals surface area contributed by atoms with Crippen LogP contribution in [0.5, 0.6) is 23.0 Å². The van der Waals surface area contributed by atoms with E-state index in [2.05, 4.69) is 6.07 Å². The third-order valence-electron chi connectivity index (χ3n) is 6.33. The van der Waals surface area contributed by atoms with Gasteiger partial charge in [-0.1, -0.05) is 53.5 Å². The van der Waals surface area contributed by atoms with Gasteiger partial charge in [-0.2, -0.15) is 5.26 Å². The van der Waals surface area contributed by atoms with Crippen LogP contribution in [-0.2, 0) is 6.61 Å². The quantitative estimate of drug-likeness (QED) is 0.187. The number of fused-ring (bicyclic) bond motifs is 1. The number of rotatable bonds is 7. The van der Waals surface area contributed by atoms with Crippen LogP contribution in [-0.4, -0.2) is 13.1 Å². The number of esters is 1. The van der Waals surface area contributed by atoms with E-state index >= 15 is 0 Å². The van der Waals surface area contributed by atoms with E-state index in [1.165, 1.54) is 7.11 Å². The van der Waals surface area contributed by atoms with Crippen LogP contribution in [0, 0.1) is 11.3 Å². The molecule has 0 saturated heterocycles. The summed E-state index contributed by atoms with van der Waals surface area (Å²) in [5.74, 6) is 0.752. The average Bonchev–Trinajstić information content (AvgIpc) is 2.96. The third-order valence-corrected chi connectivity index (χ3v) is 6.92. The number of hydrogen-bond donors (Lipinski definition) is 1. The zero-order chi connectivity index (χ0) is 28.2. The Morgan fingerprint density at radius 2 is 1.75 bits per heavy atom. The van der Waals surface area contributed by atoms with Gasteiger partial charge in [0, 0.05) is 27.2 Å². The van der Waals surface area contributed by atoms with E-state index in [0.717, 1.165) is 11.1 Å². The molecule has 0 amide bonds. The molecule has 200 valence electrons. The number of methoxy groups -OCH3 is 1. The maximum atomic E-state index is 12.7. The van der Waals surface area contributed by atoms with Crippen molar-refractivity contribution in [2.45, 2.75) is 12.5 Å². The number of nitrogens with two attached hydrogens (primary N) is 1. The van der Waals surface area contributed by atoms with E-state index in [1.807, 2.05) is 30.3 Å². The third kappa shape index (κ3) is 5.69. The second kappa shape index (κ2) is 11.6. The van der Waals surface area contributed by atoms with Gasteiger partial charge in [0.25, 0.3) is 0 Å². The van der Waals surface area contributed by atoms with Crippen molar-refractivity contribution < 1.29 is 23.7 Å². The van der Waals surface area contributed by atoms with Crippen molar-refractivity contribution in [2.75, 3.05) is 7.11 Å². The second-order valence-corrected chi connectivity index (χ2v) is 9.68. The Morgan fingerprint density at radius 3 is 2.48 bits per heavy atom. The fourth-order valence-corrected chi connectivity index (χ4v) is 4.78. The predicted octanol–water partition coefficient (Wildman–Crippen LogP) is 7.02. The van der Waals surface area contributed by atoms with Gasteiger partial charge in [-0.15, -0.1) is 0 Å². The summed E-state index contributed by atoms with van der Waals surface area (Å²) >= 11 is 12.2. The van der Waals surface area contributed by atoms with E-state index in [0.29, 0.717) is 38.4 Å². The van der Waals surface area contributed by atoms with Gasteiger partial charge in [0.05, 0.1) is 18.6 Å². The molecule has 9 heteroatoms. The highest BCUT2D eigenvalue weighted by molar-refractivity contribution is 6.35. The predicted molar refractivity (Wildman–Crippen MR) is 151 cm³/mol. The van der Waals surface area contributed by atoms with Crippen LogP contribution in [0.25, 0.3) is 0 Å². The summed E-state index contributed by atoms with van der Waals surface area (Å²) in [4.78, 5) is 12.7. The second-order valence-electron chi connectivity index (χ2n) is 8.84. The Morgan fingerprint density at radius 1 is 0.975 bits per heavy atom. The molecule has 0 radical (unpaired) electrons. The Labute approximate surface area is 240 Å². The molecule has 1 aliphatic rings. The Hall–Kier alpha value is -4.64. The lowest BCUT2D eigenvalue weighted by molar-refractivity contribution is 0.0734. The summed E-state index contributed by atoms with van der Waals surface area (Å²) in [5, 5.41) is 11.0. The van der Waals surface area contributed by atoms with Crippen LogP contribution < -0.4 is 24.7 Å². The molecule has 0 bridgehead atoms. The first-order valence-corrected chi connectivity index (χ1v) is 12.9. The van der Waals surface area contributed by atoms with Crippen LogP contribution in [0.1, 0.15) is 33.0 Å².